The van der Waals surface area contributed by atoms with Gasteiger partial charge in [-0.2, -0.15) is 5.26 Å². The number of hydrogen-bond acceptors (Lipinski definition) is 3. The number of ether oxygens (including phenoxy) is 1. The second kappa shape index (κ2) is 5.33. The Kier molecular flexibility index (Phi) is 4.36. The van der Waals surface area contributed by atoms with Crippen molar-refractivity contribution < 1.29 is 9.53 Å². The van der Waals surface area contributed by atoms with Crippen molar-refractivity contribution in [2.24, 2.45) is 0 Å². The van der Waals surface area contributed by atoms with Crippen molar-refractivity contribution in [1.82, 2.24) is 0 Å². The Labute approximate surface area is 106 Å². The molecule has 0 aliphatic heterocycles. The third-order valence-electron chi connectivity index (χ3n) is 1.67. The fourth-order valence-corrected chi connectivity index (χ4v) is 2.01. The first kappa shape index (κ1) is 12.3. The summed E-state index contributed by atoms with van der Waals surface area (Å²) in [5, 5.41) is 9.10. The third kappa shape index (κ3) is 2.83. The summed E-state index contributed by atoms with van der Waals surface area (Å²) in [5.74, 6) is -0.504. The Morgan fingerprint density at radius 1 is 1.67 bits per heavy atom. The molecule has 3 nitrogen and oxygen atoms in total. The number of carbonyl (C=O) groups excluding carboxylic acids is 1. The van der Waals surface area contributed by atoms with Crippen LogP contribution in [0.2, 0.25) is 5.02 Å². The first-order valence-electron chi connectivity index (χ1n) is 4.16. The first-order valence-corrected chi connectivity index (χ1v) is 5.62. The van der Waals surface area contributed by atoms with Crippen LogP contribution in [0.3, 0.4) is 0 Å². The summed E-state index contributed by atoms with van der Waals surface area (Å²) < 4.78 is 5.53. The molecule has 0 fully saturated rings. The number of esters is 1. The van der Waals surface area contributed by atoms with Gasteiger partial charge in [0.05, 0.1) is 22.8 Å². The summed E-state index contributed by atoms with van der Waals surface area (Å²) >= 11 is 7.86. The SMILES string of the molecule is CCOC(=O)c1cc(C#N)c(I)cc1Cl. The summed E-state index contributed by atoms with van der Waals surface area (Å²) in [5.41, 5.74) is 0.651. The van der Waals surface area contributed by atoms with Crippen LogP contribution in [0.25, 0.3) is 0 Å². The molecule has 1 aromatic rings. The summed E-state index contributed by atoms with van der Waals surface area (Å²) in [6.45, 7) is 1.99. The summed E-state index contributed by atoms with van der Waals surface area (Å²) in [7, 11) is 0. The number of carbonyl (C=O) groups is 1. The number of rotatable bonds is 2. The number of hydrogen-bond donors (Lipinski definition) is 0. The van der Waals surface area contributed by atoms with Crippen LogP contribution in [0.4, 0.5) is 0 Å². The third-order valence-corrected chi connectivity index (χ3v) is 2.88. The zero-order valence-corrected chi connectivity index (χ0v) is 10.8. The van der Waals surface area contributed by atoms with Crippen LogP contribution in [-0.2, 0) is 4.74 Å². The van der Waals surface area contributed by atoms with E-state index in [1.54, 1.807) is 13.0 Å². The molecule has 0 saturated heterocycles. The highest BCUT2D eigenvalue weighted by Crippen LogP contribution is 2.23. The van der Waals surface area contributed by atoms with E-state index < -0.39 is 5.97 Å². The Bertz CT molecular complexity index is 440. The van der Waals surface area contributed by atoms with E-state index in [1.165, 1.54) is 6.07 Å². The van der Waals surface area contributed by atoms with Gasteiger partial charge in [0.15, 0.2) is 0 Å². The van der Waals surface area contributed by atoms with Crippen molar-refractivity contribution in [2.45, 2.75) is 6.92 Å². The van der Waals surface area contributed by atoms with E-state index in [0.29, 0.717) is 14.2 Å². The van der Waals surface area contributed by atoms with Crippen LogP contribution in [0.1, 0.15) is 22.8 Å². The lowest BCUT2D eigenvalue weighted by molar-refractivity contribution is 0.0526. The average Bonchev–Trinajstić information content (AvgIpc) is 2.18. The van der Waals surface area contributed by atoms with Crippen LogP contribution in [-0.4, -0.2) is 12.6 Å². The minimum absolute atomic E-state index is 0.232. The Hall–Kier alpha value is -0.800. The highest BCUT2D eigenvalue weighted by atomic mass is 127. The lowest BCUT2D eigenvalue weighted by Crippen LogP contribution is -2.06. The fourth-order valence-electron chi connectivity index (χ4n) is 1.000. The molecule has 0 bridgehead atoms. The largest absolute Gasteiger partial charge is 0.462 e. The number of nitriles is 1. The van der Waals surface area contributed by atoms with Crippen molar-refractivity contribution in [3.05, 3.63) is 31.9 Å². The minimum atomic E-state index is -0.504. The van der Waals surface area contributed by atoms with Gasteiger partial charge in [0.2, 0.25) is 0 Å². The molecule has 0 amide bonds. The smallest absolute Gasteiger partial charge is 0.339 e. The van der Waals surface area contributed by atoms with Gasteiger partial charge in [0, 0.05) is 3.57 Å². The highest BCUT2D eigenvalue weighted by Gasteiger charge is 2.14. The van der Waals surface area contributed by atoms with Gasteiger partial charge in [-0.3, -0.25) is 0 Å². The zero-order chi connectivity index (χ0) is 11.4. The molecule has 0 radical (unpaired) electrons. The van der Waals surface area contributed by atoms with E-state index >= 15 is 0 Å². The maximum absolute atomic E-state index is 11.4. The molecule has 0 N–H and O–H groups in total. The Balaban J connectivity index is 3.20. The van der Waals surface area contributed by atoms with Crippen LogP contribution in [0.15, 0.2) is 12.1 Å². The summed E-state index contributed by atoms with van der Waals surface area (Å²) in [6, 6.07) is 5.01. The lowest BCUT2D eigenvalue weighted by Gasteiger charge is -2.05. The van der Waals surface area contributed by atoms with Crippen LogP contribution < -0.4 is 0 Å². The van der Waals surface area contributed by atoms with Gasteiger partial charge in [-0.1, -0.05) is 11.6 Å². The molecule has 0 aliphatic carbocycles. The van der Waals surface area contributed by atoms with Crippen molar-refractivity contribution in [1.29, 1.82) is 5.26 Å². The molecule has 1 aromatic carbocycles. The van der Waals surface area contributed by atoms with Crippen molar-refractivity contribution in [2.75, 3.05) is 6.61 Å². The second-order valence-corrected chi connectivity index (χ2v) is 4.21. The van der Waals surface area contributed by atoms with Gasteiger partial charge in [-0.25, -0.2) is 4.79 Å². The van der Waals surface area contributed by atoms with Crippen LogP contribution in [0, 0.1) is 14.9 Å². The van der Waals surface area contributed by atoms with Crippen LogP contribution >= 0.6 is 34.2 Å². The monoisotopic (exact) mass is 335 g/mol. The Morgan fingerprint density at radius 3 is 2.87 bits per heavy atom. The Morgan fingerprint density at radius 2 is 2.33 bits per heavy atom. The average molecular weight is 336 g/mol. The number of nitrogens with zero attached hydrogens (tertiary/aromatic N) is 1. The molecule has 78 valence electrons. The molecule has 15 heavy (non-hydrogen) atoms. The molecule has 0 spiro atoms. The summed E-state index contributed by atoms with van der Waals surface area (Å²) in [6.07, 6.45) is 0. The molecule has 0 atom stereocenters. The maximum atomic E-state index is 11.4. The zero-order valence-electron chi connectivity index (χ0n) is 7.88. The molecule has 0 saturated carbocycles. The van der Waals surface area contributed by atoms with Gasteiger partial charge in [0.1, 0.15) is 6.07 Å². The van der Waals surface area contributed by atoms with E-state index in [9.17, 15) is 4.79 Å². The van der Waals surface area contributed by atoms with Gasteiger partial charge < -0.3 is 4.74 Å². The van der Waals surface area contributed by atoms with Gasteiger partial charge in [-0.05, 0) is 41.6 Å². The van der Waals surface area contributed by atoms with Crippen LogP contribution in [0.5, 0.6) is 0 Å². The van der Waals surface area contributed by atoms with E-state index in [-0.39, 0.29) is 12.2 Å². The van der Waals surface area contributed by atoms with Gasteiger partial charge >= 0.3 is 5.97 Å². The van der Waals surface area contributed by atoms with E-state index in [4.69, 9.17) is 21.6 Å². The fraction of sp³-hybridized carbons (Fsp3) is 0.200. The maximum Gasteiger partial charge on any atom is 0.339 e. The molecule has 0 aliphatic rings. The highest BCUT2D eigenvalue weighted by molar-refractivity contribution is 14.1. The molecule has 1 rings (SSSR count). The van der Waals surface area contributed by atoms with E-state index in [2.05, 4.69) is 0 Å². The predicted octanol–water partition coefficient (Wildman–Crippen LogP) is 2.99. The minimum Gasteiger partial charge on any atom is -0.462 e. The van der Waals surface area contributed by atoms with E-state index in [0.717, 1.165) is 0 Å². The molecule has 5 heteroatoms. The molecule has 0 heterocycles. The van der Waals surface area contributed by atoms with Crippen molar-refractivity contribution >= 4 is 40.2 Å². The first-order chi connectivity index (χ1) is 7.10. The van der Waals surface area contributed by atoms with E-state index in [1.807, 2.05) is 28.7 Å². The van der Waals surface area contributed by atoms with Gasteiger partial charge in [0.25, 0.3) is 0 Å². The normalized spacial score (nSPS) is 9.47. The topological polar surface area (TPSA) is 50.1 Å². The standard InChI is InChI=1S/C10H7ClINO2/c1-2-15-10(14)7-3-6(5-13)9(12)4-8(7)11/h3-4H,2H2,1H3. The van der Waals surface area contributed by atoms with Crippen molar-refractivity contribution in [3.63, 3.8) is 0 Å². The van der Waals surface area contributed by atoms with Gasteiger partial charge in [-0.15, -0.1) is 0 Å². The predicted molar refractivity (Wildman–Crippen MR) is 64.8 cm³/mol. The number of benzene rings is 1. The molecular weight excluding hydrogens is 328 g/mol. The second-order valence-electron chi connectivity index (χ2n) is 2.64. The molecule has 0 aromatic heterocycles. The quantitative estimate of drug-likeness (QED) is 0.617. The summed E-state index contributed by atoms with van der Waals surface area (Å²) in [4.78, 5) is 11.4. The van der Waals surface area contributed by atoms with Crippen molar-refractivity contribution in [3.8, 4) is 6.07 Å². The lowest BCUT2D eigenvalue weighted by atomic mass is 10.1. The number of halogens is 2. The molecule has 0 unspecified atom stereocenters. The molecular formula is C10H7ClINO2.